The van der Waals surface area contributed by atoms with Crippen molar-refractivity contribution in [3.63, 3.8) is 0 Å². The molecule has 2 aromatic heterocycles. The Labute approximate surface area is 169 Å². The minimum Gasteiger partial charge on any atom is -0.452 e. The summed E-state index contributed by atoms with van der Waals surface area (Å²) in [5.41, 5.74) is 2.01. The van der Waals surface area contributed by atoms with Gasteiger partial charge in [-0.15, -0.1) is 0 Å². The SMILES string of the molecule is Cc1cc(C)n(-c2ccc(C(=O)OCC(=O)N3CCN(S(C)(=O)=O)CC3)cn2)n1. The average Bonchev–Trinajstić information content (AvgIpc) is 3.03. The number of nitrogens with zero attached hydrogens (tertiary/aromatic N) is 5. The number of esters is 1. The van der Waals surface area contributed by atoms with Crippen molar-refractivity contribution in [2.24, 2.45) is 0 Å². The monoisotopic (exact) mass is 421 g/mol. The summed E-state index contributed by atoms with van der Waals surface area (Å²) < 4.78 is 31.1. The summed E-state index contributed by atoms with van der Waals surface area (Å²) in [6, 6.07) is 5.14. The first kappa shape index (κ1) is 20.9. The summed E-state index contributed by atoms with van der Waals surface area (Å²) in [6.45, 7) is 4.38. The lowest BCUT2D eigenvalue weighted by molar-refractivity contribution is -0.135. The molecule has 0 radical (unpaired) electrons. The van der Waals surface area contributed by atoms with Crippen molar-refractivity contribution in [3.05, 3.63) is 41.3 Å². The number of ether oxygens (including phenoxy) is 1. The Morgan fingerprint density at radius 3 is 2.34 bits per heavy atom. The van der Waals surface area contributed by atoms with Gasteiger partial charge < -0.3 is 9.64 Å². The van der Waals surface area contributed by atoms with Gasteiger partial charge in [0.15, 0.2) is 12.4 Å². The Morgan fingerprint density at radius 1 is 1.14 bits per heavy atom. The molecular formula is C18H23N5O5S. The topological polar surface area (TPSA) is 115 Å². The second kappa shape index (κ2) is 8.29. The van der Waals surface area contributed by atoms with Crippen LogP contribution in [0.4, 0.5) is 0 Å². The molecule has 0 aliphatic carbocycles. The lowest BCUT2D eigenvalue weighted by Gasteiger charge is -2.33. The zero-order valence-electron chi connectivity index (χ0n) is 16.5. The molecule has 10 nitrogen and oxygen atoms in total. The maximum absolute atomic E-state index is 12.2. The number of carbonyl (C=O) groups excluding carboxylic acids is 2. The van der Waals surface area contributed by atoms with Gasteiger partial charge in [-0.2, -0.15) is 9.40 Å². The third kappa shape index (κ3) is 4.98. The van der Waals surface area contributed by atoms with Gasteiger partial charge in [-0.1, -0.05) is 0 Å². The van der Waals surface area contributed by atoms with Gasteiger partial charge in [0, 0.05) is 38.1 Å². The zero-order chi connectivity index (χ0) is 21.2. The summed E-state index contributed by atoms with van der Waals surface area (Å²) in [5.74, 6) is -0.439. The molecule has 0 atom stereocenters. The van der Waals surface area contributed by atoms with Crippen LogP contribution in [0.25, 0.3) is 5.82 Å². The second-order valence-corrected chi connectivity index (χ2v) is 8.85. The standard InChI is InChI=1S/C18H23N5O5S/c1-13-10-14(2)23(20-13)16-5-4-15(11-19-16)18(25)28-12-17(24)21-6-8-22(9-7-21)29(3,26)27/h4-5,10-11H,6-9,12H2,1-3H3. The van der Waals surface area contributed by atoms with Crippen LogP contribution in [-0.4, -0.2) is 83.3 Å². The fourth-order valence-corrected chi connectivity index (χ4v) is 3.89. The molecule has 1 aliphatic rings. The van der Waals surface area contributed by atoms with E-state index in [0.717, 1.165) is 17.6 Å². The lowest BCUT2D eigenvalue weighted by Crippen LogP contribution is -2.51. The Bertz CT molecular complexity index is 1010. The lowest BCUT2D eigenvalue weighted by atomic mass is 10.3. The predicted octanol–water partition coefficient (Wildman–Crippen LogP) is 0.145. The van der Waals surface area contributed by atoms with E-state index >= 15 is 0 Å². The fraction of sp³-hybridized carbons (Fsp3) is 0.444. The number of sulfonamides is 1. The van der Waals surface area contributed by atoms with E-state index in [1.165, 1.54) is 15.4 Å². The van der Waals surface area contributed by atoms with Gasteiger partial charge in [0.2, 0.25) is 10.0 Å². The molecule has 0 saturated carbocycles. The van der Waals surface area contributed by atoms with Crippen LogP contribution >= 0.6 is 0 Å². The van der Waals surface area contributed by atoms with Crippen LogP contribution in [0.1, 0.15) is 21.7 Å². The van der Waals surface area contributed by atoms with Crippen molar-refractivity contribution >= 4 is 21.9 Å². The maximum atomic E-state index is 12.2. The van der Waals surface area contributed by atoms with E-state index in [1.807, 2.05) is 19.9 Å². The number of amides is 1. The average molecular weight is 421 g/mol. The minimum atomic E-state index is -3.26. The molecule has 0 bridgehead atoms. The van der Waals surface area contributed by atoms with E-state index in [1.54, 1.807) is 16.8 Å². The summed E-state index contributed by atoms with van der Waals surface area (Å²) in [7, 11) is -3.26. The van der Waals surface area contributed by atoms with Crippen molar-refractivity contribution in [2.75, 3.05) is 39.0 Å². The molecule has 1 fully saturated rings. The van der Waals surface area contributed by atoms with Gasteiger partial charge in [0.1, 0.15) is 0 Å². The molecule has 3 heterocycles. The first-order valence-electron chi connectivity index (χ1n) is 9.05. The van der Waals surface area contributed by atoms with E-state index in [2.05, 4.69) is 10.1 Å². The van der Waals surface area contributed by atoms with E-state index in [0.29, 0.717) is 5.82 Å². The summed E-state index contributed by atoms with van der Waals surface area (Å²) in [6.07, 6.45) is 2.52. The number of carbonyl (C=O) groups is 2. The van der Waals surface area contributed by atoms with E-state index in [9.17, 15) is 18.0 Å². The zero-order valence-corrected chi connectivity index (χ0v) is 17.3. The van der Waals surface area contributed by atoms with Crippen LogP contribution < -0.4 is 0 Å². The van der Waals surface area contributed by atoms with Crippen LogP contribution in [0.5, 0.6) is 0 Å². The highest BCUT2D eigenvalue weighted by Gasteiger charge is 2.26. The van der Waals surface area contributed by atoms with Crippen LogP contribution in [0.2, 0.25) is 0 Å². The number of aryl methyl sites for hydroxylation is 2. The molecule has 0 unspecified atom stereocenters. The van der Waals surface area contributed by atoms with Crippen molar-refractivity contribution < 1.29 is 22.7 Å². The maximum Gasteiger partial charge on any atom is 0.340 e. The molecule has 1 amide bonds. The Hall–Kier alpha value is -2.79. The summed E-state index contributed by atoms with van der Waals surface area (Å²) in [5, 5.41) is 4.33. The first-order valence-corrected chi connectivity index (χ1v) is 10.9. The number of aromatic nitrogens is 3. The summed E-state index contributed by atoms with van der Waals surface area (Å²) in [4.78, 5) is 30.1. The molecule has 29 heavy (non-hydrogen) atoms. The van der Waals surface area contributed by atoms with Gasteiger partial charge in [0.25, 0.3) is 5.91 Å². The Balaban J connectivity index is 1.53. The third-order valence-electron chi connectivity index (χ3n) is 4.60. The number of pyridine rings is 1. The molecule has 3 rings (SSSR count). The van der Waals surface area contributed by atoms with Crippen molar-refractivity contribution in [1.29, 1.82) is 0 Å². The second-order valence-electron chi connectivity index (χ2n) is 6.86. The van der Waals surface area contributed by atoms with Crippen LogP contribution in [0, 0.1) is 13.8 Å². The third-order valence-corrected chi connectivity index (χ3v) is 5.90. The molecule has 0 N–H and O–H groups in total. The van der Waals surface area contributed by atoms with E-state index < -0.39 is 22.6 Å². The highest BCUT2D eigenvalue weighted by Crippen LogP contribution is 2.11. The molecule has 11 heteroatoms. The normalized spacial score (nSPS) is 15.3. The number of hydrogen-bond donors (Lipinski definition) is 0. The van der Waals surface area contributed by atoms with Gasteiger partial charge in [-0.05, 0) is 32.0 Å². The first-order chi connectivity index (χ1) is 13.6. The molecule has 1 saturated heterocycles. The molecule has 0 spiro atoms. The number of rotatable bonds is 5. The molecular weight excluding hydrogens is 398 g/mol. The smallest absolute Gasteiger partial charge is 0.340 e. The predicted molar refractivity (Wildman–Crippen MR) is 104 cm³/mol. The van der Waals surface area contributed by atoms with Crippen LogP contribution in [0.15, 0.2) is 24.4 Å². The molecule has 1 aliphatic heterocycles. The van der Waals surface area contributed by atoms with Gasteiger partial charge in [-0.25, -0.2) is 22.9 Å². The van der Waals surface area contributed by atoms with Gasteiger partial charge in [-0.3, -0.25) is 4.79 Å². The number of piperazine rings is 1. The van der Waals surface area contributed by atoms with E-state index in [-0.39, 0.29) is 37.6 Å². The number of hydrogen-bond acceptors (Lipinski definition) is 7. The van der Waals surface area contributed by atoms with E-state index in [4.69, 9.17) is 4.74 Å². The van der Waals surface area contributed by atoms with Gasteiger partial charge >= 0.3 is 5.97 Å². The van der Waals surface area contributed by atoms with Crippen molar-refractivity contribution in [2.45, 2.75) is 13.8 Å². The van der Waals surface area contributed by atoms with Crippen LogP contribution in [-0.2, 0) is 19.6 Å². The fourth-order valence-electron chi connectivity index (χ4n) is 3.06. The quantitative estimate of drug-likeness (QED) is 0.631. The van der Waals surface area contributed by atoms with Gasteiger partial charge in [0.05, 0.1) is 17.5 Å². The van der Waals surface area contributed by atoms with Crippen molar-refractivity contribution in [3.8, 4) is 5.82 Å². The highest BCUT2D eigenvalue weighted by molar-refractivity contribution is 7.88. The largest absolute Gasteiger partial charge is 0.452 e. The highest BCUT2D eigenvalue weighted by atomic mass is 32.2. The molecule has 0 aromatic carbocycles. The summed E-state index contributed by atoms with van der Waals surface area (Å²) >= 11 is 0. The molecule has 156 valence electrons. The Morgan fingerprint density at radius 2 is 1.83 bits per heavy atom. The molecule has 2 aromatic rings. The van der Waals surface area contributed by atoms with Crippen LogP contribution in [0.3, 0.4) is 0 Å². The van der Waals surface area contributed by atoms with Crippen molar-refractivity contribution in [1.82, 2.24) is 24.0 Å². The minimum absolute atomic E-state index is 0.227. The Kier molecular flexibility index (Phi) is 5.99.